The van der Waals surface area contributed by atoms with Crippen molar-refractivity contribution in [3.63, 3.8) is 0 Å². The Kier molecular flexibility index (Phi) is 6.08. The van der Waals surface area contributed by atoms with Crippen molar-refractivity contribution < 1.29 is 9.53 Å². The van der Waals surface area contributed by atoms with E-state index >= 15 is 0 Å². The minimum Gasteiger partial charge on any atom is -0.378 e. The smallest absolute Gasteiger partial charge is 0.274 e. The Morgan fingerprint density at radius 1 is 1.20 bits per heavy atom. The standard InChI is InChI=1S/C23H29N5O2/c1-15(2)13-30-18-9-7-17(8-10-18)26-23(29)21-22-27-20(19-6-4-5-11-24-19)12-16(3)28(22)14-25-21/h4-6,11-12,14-15,17-18H,7-10,13H2,1-3H3,(H,26,29)/t17-,18-. The van der Waals surface area contributed by atoms with Crippen LogP contribution in [0.3, 0.4) is 0 Å². The van der Waals surface area contributed by atoms with Crippen LogP contribution < -0.4 is 5.32 Å². The van der Waals surface area contributed by atoms with Gasteiger partial charge in [-0.1, -0.05) is 19.9 Å². The third-order valence-electron chi connectivity index (χ3n) is 5.51. The fraction of sp³-hybridized carbons (Fsp3) is 0.478. The van der Waals surface area contributed by atoms with Crippen molar-refractivity contribution in [1.82, 2.24) is 24.7 Å². The lowest BCUT2D eigenvalue weighted by Gasteiger charge is -2.29. The Hall–Kier alpha value is -2.80. The number of imidazole rings is 1. The molecule has 7 heteroatoms. The van der Waals surface area contributed by atoms with E-state index in [0.717, 1.165) is 49.4 Å². The summed E-state index contributed by atoms with van der Waals surface area (Å²) in [6, 6.07) is 7.81. The third-order valence-corrected chi connectivity index (χ3v) is 5.51. The molecular weight excluding hydrogens is 378 g/mol. The second-order valence-electron chi connectivity index (χ2n) is 8.46. The number of hydrogen-bond donors (Lipinski definition) is 1. The average molecular weight is 408 g/mol. The summed E-state index contributed by atoms with van der Waals surface area (Å²) in [6.45, 7) is 7.10. The van der Waals surface area contributed by atoms with Crippen molar-refractivity contribution >= 4 is 11.6 Å². The molecule has 1 saturated carbocycles. The van der Waals surface area contributed by atoms with Crippen LogP contribution >= 0.6 is 0 Å². The second-order valence-corrected chi connectivity index (χ2v) is 8.46. The summed E-state index contributed by atoms with van der Waals surface area (Å²) >= 11 is 0. The Labute approximate surface area is 176 Å². The average Bonchev–Trinajstić information content (AvgIpc) is 3.18. The third kappa shape index (κ3) is 4.51. The number of rotatable bonds is 6. The predicted molar refractivity (Wildman–Crippen MR) is 115 cm³/mol. The molecular formula is C23H29N5O2. The van der Waals surface area contributed by atoms with Crippen LogP contribution in [0, 0.1) is 12.8 Å². The zero-order valence-electron chi connectivity index (χ0n) is 17.8. The van der Waals surface area contributed by atoms with Gasteiger partial charge in [0.1, 0.15) is 6.33 Å². The minimum absolute atomic E-state index is 0.146. The first-order valence-corrected chi connectivity index (χ1v) is 10.7. The van der Waals surface area contributed by atoms with E-state index in [1.54, 1.807) is 12.5 Å². The molecule has 0 saturated heterocycles. The maximum absolute atomic E-state index is 13.0. The molecule has 3 heterocycles. The molecule has 0 radical (unpaired) electrons. The first-order valence-electron chi connectivity index (χ1n) is 10.7. The predicted octanol–water partition coefficient (Wildman–Crippen LogP) is 3.81. The van der Waals surface area contributed by atoms with Gasteiger partial charge in [0.15, 0.2) is 11.3 Å². The molecule has 7 nitrogen and oxygen atoms in total. The van der Waals surface area contributed by atoms with Crippen LogP contribution in [0.5, 0.6) is 0 Å². The fourth-order valence-corrected chi connectivity index (χ4v) is 3.88. The van der Waals surface area contributed by atoms with Gasteiger partial charge >= 0.3 is 0 Å². The fourth-order valence-electron chi connectivity index (χ4n) is 3.88. The topological polar surface area (TPSA) is 81.4 Å². The molecule has 1 fully saturated rings. The van der Waals surface area contributed by atoms with Gasteiger partial charge in [0, 0.05) is 24.5 Å². The maximum atomic E-state index is 13.0. The number of carbonyl (C=O) groups is 1. The zero-order valence-corrected chi connectivity index (χ0v) is 17.8. The molecule has 4 rings (SSSR count). The number of aromatic nitrogens is 4. The van der Waals surface area contributed by atoms with Crippen LogP contribution in [-0.4, -0.2) is 44.0 Å². The quantitative estimate of drug-likeness (QED) is 0.672. The highest BCUT2D eigenvalue weighted by atomic mass is 16.5. The zero-order chi connectivity index (χ0) is 21.1. The number of fused-ring (bicyclic) bond motifs is 1. The lowest BCUT2D eigenvalue weighted by atomic mass is 9.93. The number of aryl methyl sites for hydroxylation is 1. The summed E-state index contributed by atoms with van der Waals surface area (Å²) in [7, 11) is 0. The number of nitrogens with zero attached hydrogens (tertiary/aromatic N) is 4. The number of nitrogens with one attached hydrogen (secondary N) is 1. The van der Waals surface area contributed by atoms with Gasteiger partial charge in [-0.15, -0.1) is 0 Å². The minimum atomic E-state index is -0.172. The van der Waals surface area contributed by atoms with Gasteiger partial charge < -0.3 is 10.1 Å². The first-order chi connectivity index (χ1) is 14.5. The van der Waals surface area contributed by atoms with Gasteiger partial charge in [0.25, 0.3) is 5.91 Å². The number of pyridine rings is 1. The highest BCUT2D eigenvalue weighted by Gasteiger charge is 2.25. The molecule has 1 aliphatic rings. The van der Waals surface area contributed by atoms with Crippen LogP contribution in [0.1, 0.15) is 55.7 Å². The van der Waals surface area contributed by atoms with E-state index in [2.05, 4.69) is 29.1 Å². The van der Waals surface area contributed by atoms with Crippen LogP contribution in [0.4, 0.5) is 0 Å². The van der Waals surface area contributed by atoms with Crippen LogP contribution in [0.2, 0.25) is 0 Å². The Morgan fingerprint density at radius 2 is 2.00 bits per heavy atom. The molecule has 0 unspecified atom stereocenters. The molecule has 1 aliphatic carbocycles. The molecule has 1 N–H and O–H groups in total. The second kappa shape index (κ2) is 8.92. The molecule has 0 aromatic carbocycles. The molecule has 0 aliphatic heterocycles. The number of ether oxygens (including phenoxy) is 1. The Morgan fingerprint density at radius 3 is 2.70 bits per heavy atom. The Balaban J connectivity index is 1.47. The van der Waals surface area contributed by atoms with Crippen LogP contribution in [0.15, 0.2) is 36.8 Å². The van der Waals surface area contributed by atoms with Crippen LogP contribution in [-0.2, 0) is 4.74 Å². The lowest BCUT2D eigenvalue weighted by Crippen LogP contribution is -2.39. The molecule has 3 aromatic rings. The van der Waals surface area contributed by atoms with Gasteiger partial charge in [-0.25, -0.2) is 9.97 Å². The van der Waals surface area contributed by atoms with Crippen molar-refractivity contribution in [2.24, 2.45) is 5.92 Å². The van der Waals surface area contributed by atoms with Gasteiger partial charge in [0.05, 0.1) is 17.5 Å². The largest absolute Gasteiger partial charge is 0.378 e. The molecule has 30 heavy (non-hydrogen) atoms. The van der Waals surface area contributed by atoms with Gasteiger partial charge in [-0.05, 0) is 56.7 Å². The summed E-state index contributed by atoms with van der Waals surface area (Å²) < 4.78 is 7.80. The summed E-state index contributed by atoms with van der Waals surface area (Å²) in [5.74, 6) is 0.373. The van der Waals surface area contributed by atoms with Crippen LogP contribution in [0.25, 0.3) is 17.0 Å². The summed E-state index contributed by atoms with van der Waals surface area (Å²) in [6.07, 6.45) is 7.50. The van der Waals surface area contributed by atoms with E-state index in [9.17, 15) is 4.79 Å². The SMILES string of the molecule is Cc1cc(-c2ccccn2)nc2c(C(=O)N[C@H]3CC[C@H](OCC(C)C)CC3)ncn12. The van der Waals surface area contributed by atoms with E-state index in [1.807, 2.05) is 35.6 Å². The molecule has 1 amide bonds. The van der Waals surface area contributed by atoms with E-state index in [-0.39, 0.29) is 11.9 Å². The van der Waals surface area contributed by atoms with Crippen molar-refractivity contribution in [3.8, 4) is 11.4 Å². The molecule has 158 valence electrons. The maximum Gasteiger partial charge on any atom is 0.274 e. The number of amides is 1. The normalized spacial score (nSPS) is 19.3. The number of carbonyl (C=O) groups excluding carboxylic acids is 1. The summed E-state index contributed by atoms with van der Waals surface area (Å²) in [5, 5.41) is 3.15. The van der Waals surface area contributed by atoms with Crippen molar-refractivity contribution in [1.29, 1.82) is 0 Å². The molecule has 0 spiro atoms. The van der Waals surface area contributed by atoms with Gasteiger partial charge in [0.2, 0.25) is 0 Å². The van der Waals surface area contributed by atoms with Gasteiger partial charge in [-0.2, -0.15) is 0 Å². The molecule has 0 atom stereocenters. The van der Waals surface area contributed by atoms with Gasteiger partial charge in [-0.3, -0.25) is 14.2 Å². The lowest BCUT2D eigenvalue weighted by molar-refractivity contribution is 0.00858. The van der Waals surface area contributed by atoms with E-state index in [4.69, 9.17) is 9.72 Å². The van der Waals surface area contributed by atoms with E-state index < -0.39 is 0 Å². The van der Waals surface area contributed by atoms with Crippen molar-refractivity contribution in [2.45, 2.75) is 58.6 Å². The monoisotopic (exact) mass is 407 g/mol. The van der Waals surface area contributed by atoms with Crippen molar-refractivity contribution in [2.75, 3.05) is 6.61 Å². The highest BCUT2D eigenvalue weighted by Crippen LogP contribution is 2.23. The number of hydrogen-bond acceptors (Lipinski definition) is 5. The Bertz CT molecular complexity index is 1010. The van der Waals surface area contributed by atoms with E-state index in [0.29, 0.717) is 23.4 Å². The van der Waals surface area contributed by atoms with Crippen molar-refractivity contribution in [3.05, 3.63) is 48.2 Å². The summed E-state index contributed by atoms with van der Waals surface area (Å²) in [5.41, 5.74) is 3.37. The first kappa shape index (κ1) is 20.5. The molecule has 0 bridgehead atoms. The molecule has 3 aromatic heterocycles. The van der Waals surface area contributed by atoms with E-state index in [1.165, 1.54) is 0 Å². The summed E-state index contributed by atoms with van der Waals surface area (Å²) in [4.78, 5) is 26.4. The highest BCUT2D eigenvalue weighted by molar-refractivity contribution is 5.98.